The van der Waals surface area contributed by atoms with Gasteiger partial charge in [-0.15, -0.1) is 0 Å². The summed E-state index contributed by atoms with van der Waals surface area (Å²) in [5.41, 5.74) is 2.45. The first-order chi connectivity index (χ1) is 13.6. The lowest BCUT2D eigenvalue weighted by atomic mass is 10.0. The number of allylic oxidation sites excluding steroid dienone is 4. The summed E-state index contributed by atoms with van der Waals surface area (Å²) in [6, 6.07) is 11.0. The van der Waals surface area contributed by atoms with E-state index in [4.69, 9.17) is 29.0 Å². The van der Waals surface area contributed by atoms with Crippen LogP contribution in [0.25, 0.3) is 0 Å². The third-order valence-electron chi connectivity index (χ3n) is 4.64. The van der Waals surface area contributed by atoms with E-state index in [1.807, 2.05) is 6.08 Å². The van der Waals surface area contributed by atoms with Crippen molar-refractivity contribution < 1.29 is 8.42 Å². The Hall–Kier alpha value is -1.79. The number of hydrogen-bond donors (Lipinski definition) is 1. The summed E-state index contributed by atoms with van der Waals surface area (Å²) in [5.74, 6) is 6.55. The molecule has 0 atom stereocenters. The van der Waals surface area contributed by atoms with Gasteiger partial charge in [0.25, 0.3) is 10.0 Å². The highest BCUT2D eigenvalue weighted by molar-refractivity contribution is 7.92. The average molecular weight is 453 g/mol. The fourth-order valence-electron chi connectivity index (χ4n) is 2.55. The molecule has 0 saturated carbocycles. The molecular formula is C22H26Cl2N2O2S. The van der Waals surface area contributed by atoms with Gasteiger partial charge in [-0.25, -0.2) is 10.3 Å². The zero-order valence-corrected chi connectivity index (χ0v) is 19.1. The number of hydrazine groups is 1. The predicted molar refractivity (Wildman–Crippen MR) is 123 cm³/mol. The Morgan fingerprint density at radius 1 is 1.10 bits per heavy atom. The van der Waals surface area contributed by atoms with Gasteiger partial charge in [-0.2, -0.15) is 8.42 Å². The van der Waals surface area contributed by atoms with Crippen LogP contribution >= 0.6 is 23.2 Å². The second kappa shape index (κ2) is 10.3. The molecular weight excluding hydrogens is 427 g/mol. The Bertz CT molecular complexity index is 998. The molecule has 156 valence electrons. The Morgan fingerprint density at radius 3 is 2.34 bits per heavy atom. The summed E-state index contributed by atoms with van der Waals surface area (Å²) in [5, 5.41) is 0.862. The molecule has 0 radical (unpaired) electrons. The molecule has 0 heterocycles. The largest absolute Gasteiger partial charge is 0.277 e. The van der Waals surface area contributed by atoms with Gasteiger partial charge >= 0.3 is 0 Å². The summed E-state index contributed by atoms with van der Waals surface area (Å²) in [7, 11) is -3.94. The Morgan fingerprint density at radius 2 is 1.72 bits per heavy atom. The lowest BCUT2D eigenvalue weighted by Crippen LogP contribution is -2.38. The average Bonchev–Trinajstić information content (AvgIpc) is 2.68. The van der Waals surface area contributed by atoms with Crippen molar-refractivity contribution in [3.05, 3.63) is 81.9 Å². The molecule has 0 amide bonds. The monoisotopic (exact) mass is 452 g/mol. The van der Waals surface area contributed by atoms with E-state index in [9.17, 15) is 8.42 Å². The lowest BCUT2D eigenvalue weighted by molar-refractivity contribution is 0.592. The third-order valence-corrected chi connectivity index (χ3v) is 6.71. The van der Waals surface area contributed by atoms with Gasteiger partial charge in [-0.1, -0.05) is 66.9 Å². The molecule has 2 aromatic rings. The topological polar surface area (TPSA) is 63.4 Å². The van der Waals surface area contributed by atoms with Crippen molar-refractivity contribution in [3.63, 3.8) is 0 Å². The molecule has 0 bridgehead atoms. The molecule has 0 spiro atoms. The van der Waals surface area contributed by atoms with E-state index in [1.54, 1.807) is 18.2 Å². The molecule has 2 rings (SSSR count). The minimum atomic E-state index is -3.94. The fourth-order valence-corrected chi connectivity index (χ4v) is 3.98. The first-order valence-corrected chi connectivity index (χ1v) is 11.5. The van der Waals surface area contributed by atoms with Crippen molar-refractivity contribution in [1.29, 1.82) is 0 Å². The van der Waals surface area contributed by atoms with Gasteiger partial charge in [-0.05, 0) is 67.6 Å². The SMILES string of the molecule is C/C(=C\C=C/CCc1ccc(Cl)cc1N(N)S(=O)(=O)c1ccc(Cl)cc1)C(C)C. The minimum Gasteiger partial charge on any atom is -0.233 e. The van der Waals surface area contributed by atoms with E-state index in [0.29, 0.717) is 28.1 Å². The molecule has 0 aliphatic rings. The molecule has 0 saturated heterocycles. The van der Waals surface area contributed by atoms with Crippen molar-refractivity contribution in [2.24, 2.45) is 11.8 Å². The van der Waals surface area contributed by atoms with E-state index in [0.717, 1.165) is 16.4 Å². The van der Waals surface area contributed by atoms with E-state index < -0.39 is 10.0 Å². The van der Waals surface area contributed by atoms with Crippen molar-refractivity contribution in [1.82, 2.24) is 0 Å². The Labute approximate surface area is 183 Å². The highest BCUT2D eigenvalue weighted by atomic mass is 35.5. The van der Waals surface area contributed by atoms with Gasteiger partial charge in [0.2, 0.25) is 0 Å². The van der Waals surface area contributed by atoms with E-state index >= 15 is 0 Å². The molecule has 0 aromatic heterocycles. The van der Waals surface area contributed by atoms with Gasteiger partial charge in [-0.3, -0.25) is 0 Å². The zero-order chi connectivity index (χ0) is 21.6. The Balaban J connectivity index is 2.24. The summed E-state index contributed by atoms with van der Waals surface area (Å²) < 4.78 is 26.6. The first-order valence-electron chi connectivity index (χ1n) is 9.30. The number of hydrogen-bond acceptors (Lipinski definition) is 3. The molecule has 2 N–H and O–H groups in total. The number of aryl methyl sites for hydroxylation is 1. The smallest absolute Gasteiger partial charge is 0.233 e. The van der Waals surface area contributed by atoms with Crippen molar-refractivity contribution >= 4 is 38.9 Å². The summed E-state index contributed by atoms with van der Waals surface area (Å²) in [6.45, 7) is 6.40. The molecule has 2 aromatic carbocycles. The molecule has 0 fully saturated rings. The van der Waals surface area contributed by atoms with Gasteiger partial charge in [0.05, 0.1) is 10.6 Å². The van der Waals surface area contributed by atoms with Gasteiger partial charge in [0, 0.05) is 10.0 Å². The van der Waals surface area contributed by atoms with Crippen LogP contribution in [0.1, 0.15) is 32.8 Å². The highest BCUT2D eigenvalue weighted by Gasteiger charge is 2.24. The van der Waals surface area contributed by atoms with Gasteiger partial charge < -0.3 is 0 Å². The van der Waals surface area contributed by atoms with Crippen molar-refractivity contribution in [2.45, 2.75) is 38.5 Å². The van der Waals surface area contributed by atoms with E-state index in [2.05, 4.69) is 32.9 Å². The van der Waals surface area contributed by atoms with Gasteiger partial charge in [0.15, 0.2) is 0 Å². The molecule has 0 aliphatic heterocycles. The standard InChI is InChI=1S/C22H26Cl2N2O2S/c1-16(2)17(3)7-5-4-6-8-18-9-10-20(24)15-22(18)26(25)29(27,28)21-13-11-19(23)12-14-21/h4-5,7,9-16H,6,8,25H2,1-3H3/b5-4-,17-7+. The van der Waals surface area contributed by atoms with Gasteiger partial charge in [0.1, 0.15) is 0 Å². The van der Waals surface area contributed by atoms with Crippen molar-refractivity contribution in [3.8, 4) is 0 Å². The molecule has 4 nitrogen and oxygen atoms in total. The predicted octanol–water partition coefficient (Wildman–Crippen LogP) is 6.15. The summed E-state index contributed by atoms with van der Waals surface area (Å²) in [6.07, 6.45) is 7.54. The number of sulfonamides is 1. The van der Waals surface area contributed by atoms with Crippen LogP contribution in [0.3, 0.4) is 0 Å². The van der Waals surface area contributed by atoms with Crippen LogP contribution in [0, 0.1) is 5.92 Å². The minimum absolute atomic E-state index is 0.0597. The highest BCUT2D eigenvalue weighted by Crippen LogP contribution is 2.29. The number of rotatable bonds is 8. The quantitative estimate of drug-likeness (QED) is 0.296. The summed E-state index contributed by atoms with van der Waals surface area (Å²) in [4.78, 5) is 0.0597. The maximum absolute atomic E-state index is 12.9. The maximum Gasteiger partial charge on any atom is 0.277 e. The number of benzene rings is 2. The second-order valence-corrected chi connectivity index (χ2v) is 9.75. The maximum atomic E-state index is 12.9. The zero-order valence-electron chi connectivity index (χ0n) is 16.8. The van der Waals surface area contributed by atoms with Crippen LogP contribution in [0.15, 0.2) is 71.2 Å². The van der Waals surface area contributed by atoms with Crippen LogP contribution in [0.2, 0.25) is 10.0 Å². The first kappa shape index (κ1) is 23.5. The number of nitrogens with zero attached hydrogens (tertiary/aromatic N) is 1. The Kier molecular flexibility index (Phi) is 8.34. The van der Waals surface area contributed by atoms with Crippen LogP contribution < -0.4 is 10.3 Å². The molecule has 0 aliphatic carbocycles. The summed E-state index contributed by atoms with van der Waals surface area (Å²) >= 11 is 12.0. The third kappa shape index (κ3) is 6.34. The number of halogens is 2. The van der Waals surface area contributed by atoms with E-state index in [1.165, 1.54) is 29.8 Å². The van der Waals surface area contributed by atoms with E-state index in [-0.39, 0.29) is 4.90 Å². The fraction of sp³-hybridized carbons (Fsp3) is 0.273. The van der Waals surface area contributed by atoms with Crippen LogP contribution in [0.5, 0.6) is 0 Å². The normalized spacial score (nSPS) is 12.7. The number of anilines is 1. The van der Waals surface area contributed by atoms with Crippen molar-refractivity contribution in [2.75, 3.05) is 4.41 Å². The van der Waals surface area contributed by atoms with Crippen LogP contribution in [0.4, 0.5) is 5.69 Å². The second-order valence-electron chi connectivity index (χ2n) is 7.06. The molecule has 0 unspecified atom stereocenters. The van der Waals surface area contributed by atoms with Crippen LogP contribution in [-0.2, 0) is 16.4 Å². The number of nitrogens with two attached hydrogens (primary N) is 1. The molecule has 7 heteroatoms. The van der Waals surface area contributed by atoms with Crippen LogP contribution in [-0.4, -0.2) is 8.42 Å². The molecule has 29 heavy (non-hydrogen) atoms. The lowest BCUT2D eigenvalue weighted by Gasteiger charge is -2.22.